The highest BCUT2D eigenvalue weighted by molar-refractivity contribution is 6.22. The largest absolute Gasteiger partial charge is 0.320 e. The van der Waals surface area contributed by atoms with E-state index in [1.165, 1.54) is 37.8 Å². The molecule has 6 nitrogen and oxygen atoms in total. The van der Waals surface area contributed by atoms with Gasteiger partial charge in [0, 0.05) is 50.6 Å². The van der Waals surface area contributed by atoms with Crippen molar-refractivity contribution >= 4 is 77.2 Å². The van der Waals surface area contributed by atoms with E-state index in [2.05, 4.69) is 196 Å². The lowest BCUT2D eigenvalue weighted by Crippen LogP contribution is -2.39. The lowest BCUT2D eigenvalue weighted by Gasteiger charge is -2.34. The number of para-hydroxylation sites is 5. The molecule has 3 aromatic heterocycles. The predicted molar refractivity (Wildman–Crippen MR) is 216 cm³/mol. The number of hydrogen-bond acceptors (Lipinski definition) is 3. The van der Waals surface area contributed by atoms with Crippen molar-refractivity contribution in [1.82, 2.24) is 18.6 Å². The Morgan fingerprint density at radius 2 is 0.885 bits per heavy atom. The third kappa shape index (κ3) is 4.06. The van der Waals surface area contributed by atoms with Crippen molar-refractivity contribution in [3.05, 3.63) is 175 Å². The number of amidine groups is 1. The van der Waals surface area contributed by atoms with Gasteiger partial charge in [-0.3, -0.25) is 4.57 Å². The lowest BCUT2D eigenvalue weighted by atomic mass is 10.1. The SMILES string of the molecule is CN1C(c2ccccc2)=NC(n2c3ccccc3c3cc4c5ccccc5n(-c5ccccc5)c4cc32)=NC1n1c2ccccc2c2ccccc21. The lowest BCUT2D eigenvalue weighted by molar-refractivity contribution is 0.296. The minimum atomic E-state index is -0.400. The van der Waals surface area contributed by atoms with Crippen LogP contribution >= 0.6 is 0 Å². The van der Waals surface area contributed by atoms with Crippen molar-refractivity contribution in [1.29, 1.82) is 0 Å². The van der Waals surface area contributed by atoms with Gasteiger partial charge in [-0.2, -0.15) is 4.99 Å². The molecule has 10 aromatic rings. The molecule has 1 atom stereocenters. The fourth-order valence-corrected chi connectivity index (χ4v) is 8.40. The number of hydrogen-bond donors (Lipinski definition) is 0. The molecule has 0 bridgehead atoms. The van der Waals surface area contributed by atoms with E-state index in [0.29, 0.717) is 5.96 Å². The molecule has 1 unspecified atom stereocenters. The first kappa shape index (κ1) is 28.9. The number of aromatic nitrogens is 3. The van der Waals surface area contributed by atoms with Crippen LogP contribution in [0.1, 0.15) is 11.9 Å². The molecule has 7 aromatic carbocycles. The van der Waals surface area contributed by atoms with Gasteiger partial charge in [-0.25, -0.2) is 4.99 Å². The van der Waals surface area contributed by atoms with Crippen LogP contribution in [0.2, 0.25) is 0 Å². The molecule has 0 N–H and O–H groups in total. The van der Waals surface area contributed by atoms with Crippen LogP contribution in [0.25, 0.3) is 71.1 Å². The minimum absolute atomic E-state index is 0.400. The third-order valence-electron chi connectivity index (χ3n) is 10.7. The van der Waals surface area contributed by atoms with Gasteiger partial charge in [-0.05, 0) is 48.5 Å². The molecule has 1 aliphatic rings. The van der Waals surface area contributed by atoms with E-state index in [0.717, 1.165) is 44.7 Å². The Morgan fingerprint density at radius 3 is 1.48 bits per heavy atom. The van der Waals surface area contributed by atoms with Gasteiger partial charge in [0.2, 0.25) is 12.2 Å². The van der Waals surface area contributed by atoms with Crippen LogP contribution in [0, 0.1) is 0 Å². The van der Waals surface area contributed by atoms with Gasteiger partial charge < -0.3 is 14.0 Å². The van der Waals surface area contributed by atoms with Crippen LogP contribution in [0.3, 0.4) is 0 Å². The van der Waals surface area contributed by atoms with Crippen LogP contribution in [-0.2, 0) is 0 Å². The molecule has 0 saturated carbocycles. The van der Waals surface area contributed by atoms with Gasteiger partial charge in [0.1, 0.15) is 5.84 Å². The van der Waals surface area contributed by atoms with Gasteiger partial charge in [-0.1, -0.05) is 121 Å². The summed E-state index contributed by atoms with van der Waals surface area (Å²) in [6.07, 6.45) is -0.400. The van der Waals surface area contributed by atoms with Crippen LogP contribution < -0.4 is 0 Å². The molecule has 6 heteroatoms. The van der Waals surface area contributed by atoms with Crippen molar-refractivity contribution < 1.29 is 0 Å². The average molecular weight is 669 g/mol. The Balaban J connectivity index is 1.25. The van der Waals surface area contributed by atoms with E-state index in [1.807, 2.05) is 0 Å². The summed E-state index contributed by atoms with van der Waals surface area (Å²) in [4.78, 5) is 13.2. The Kier molecular flexibility index (Phi) is 6.13. The standard InChI is InChI=1S/C46H32N6/c1-49-44(30-16-4-2-5-17-30)47-45(48-46(49)52-40-26-14-8-20-32(40)33-21-9-15-27-41(33)52)51-39-25-13-11-23-35(39)37-28-36-34-22-10-12-24-38(34)50(42(36)29-43(37)51)31-18-6-3-7-19-31/h2-29,46H,1H3. The van der Waals surface area contributed by atoms with E-state index in [9.17, 15) is 0 Å². The maximum atomic E-state index is 5.60. The molecule has 0 aliphatic carbocycles. The average Bonchev–Trinajstić information content (AvgIpc) is 3.83. The highest BCUT2D eigenvalue weighted by atomic mass is 15.4. The zero-order valence-corrected chi connectivity index (χ0v) is 28.4. The molecule has 52 heavy (non-hydrogen) atoms. The molecule has 11 rings (SSSR count). The van der Waals surface area contributed by atoms with E-state index < -0.39 is 6.29 Å². The normalized spacial score (nSPS) is 15.0. The maximum Gasteiger partial charge on any atom is 0.235 e. The first-order valence-corrected chi connectivity index (χ1v) is 17.7. The highest BCUT2D eigenvalue weighted by Gasteiger charge is 2.30. The van der Waals surface area contributed by atoms with Gasteiger partial charge in [-0.15, -0.1) is 0 Å². The van der Waals surface area contributed by atoms with Crippen molar-refractivity contribution in [3.8, 4) is 5.69 Å². The molecule has 0 spiro atoms. The summed E-state index contributed by atoms with van der Waals surface area (Å²) in [5.74, 6) is 1.51. The third-order valence-corrected chi connectivity index (χ3v) is 10.7. The molecule has 1 aliphatic heterocycles. The fourth-order valence-electron chi connectivity index (χ4n) is 8.40. The molecule has 0 saturated heterocycles. The summed E-state index contributed by atoms with van der Waals surface area (Å²) in [6, 6.07) is 60.4. The zero-order valence-electron chi connectivity index (χ0n) is 28.4. The molecule has 0 fully saturated rings. The van der Waals surface area contributed by atoms with E-state index in [1.54, 1.807) is 0 Å². The van der Waals surface area contributed by atoms with Crippen LogP contribution in [0.4, 0.5) is 0 Å². The van der Waals surface area contributed by atoms with E-state index in [4.69, 9.17) is 9.98 Å². The summed E-state index contributed by atoms with van der Waals surface area (Å²) in [7, 11) is 2.11. The summed E-state index contributed by atoms with van der Waals surface area (Å²) < 4.78 is 7.01. The minimum Gasteiger partial charge on any atom is -0.320 e. The van der Waals surface area contributed by atoms with Crippen molar-refractivity contribution in [3.63, 3.8) is 0 Å². The number of fused-ring (bicyclic) bond motifs is 9. The van der Waals surface area contributed by atoms with Gasteiger partial charge in [0.05, 0.1) is 33.1 Å². The Morgan fingerprint density at radius 1 is 0.423 bits per heavy atom. The molecular weight excluding hydrogens is 637 g/mol. The number of nitrogens with zero attached hydrogens (tertiary/aromatic N) is 6. The first-order valence-electron chi connectivity index (χ1n) is 17.7. The summed E-state index contributed by atoms with van der Waals surface area (Å²) in [5, 5.41) is 7.21. The van der Waals surface area contributed by atoms with Crippen molar-refractivity contribution in [2.45, 2.75) is 6.29 Å². The molecule has 4 heterocycles. The zero-order chi connectivity index (χ0) is 34.3. The summed E-state index contributed by atoms with van der Waals surface area (Å²) in [6.45, 7) is 0. The second-order valence-electron chi connectivity index (χ2n) is 13.5. The highest BCUT2D eigenvalue weighted by Crippen LogP contribution is 2.40. The van der Waals surface area contributed by atoms with Crippen LogP contribution in [0.5, 0.6) is 0 Å². The Hall–Kier alpha value is -6.92. The van der Waals surface area contributed by atoms with Gasteiger partial charge in [0.15, 0.2) is 0 Å². The monoisotopic (exact) mass is 668 g/mol. The van der Waals surface area contributed by atoms with Crippen molar-refractivity contribution in [2.24, 2.45) is 9.98 Å². The molecule has 0 amide bonds. The Bertz CT molecular complexity index is 3030. The first-order chi connectivity index (χ1) is 25.7. The van der Waals surface area contributed by atoms with Gasteiger partial charge >= 0.3 is 0 Å². The molecule has 246 valence electrons. The Labute approximate surface area is 299 Å². The quantitative estimate of drug-likeness (QED) is 0.185. The predicted octanol–water partition coefficient (Wildman–Crippen LogP) is 10.8. The topological polar surface area (TPSA) is 42.8 Å². The second kappa shape index (κ2) is 11.0. The van der Waals surface area contributed by atoms with Crippen molar-refractivity contribution in [2.75, 3.05) is 7.05 Å². The van der Waals surface area contributed by atoms with E-state index in [-0.39, 0.29) is 0 Å². The molecule has 0 radical (unpaired) electrons. The van der Waals surface area contributed by atoms with Crippen LogP contribution in [-0.4, -0.2) is 37.4 Å². The van der Waals surface area contributed by atoms with E-state index >= 15 is 0 Å². The molecular formula is C46H32N6. The summed E-state index contributed by atoms with van der Waals surface area (Å²) in [5.41, 5.74) is 8.89. The number of rotatable bonds is 3. The number of benzene rings is 7. The van der Waals surface area contributed by atoms with Gasteiger partial charge in [0.25, 0.3) is 0 Å². The second-order valence-corrected chi connectivity index (χ2v) is 13.5. The summed E-state index contributed by atoms with van der Waals surface area (Å²) >= 11 is 0. The maximum absolute atomic E-state index is 5.60. The fraction of sp³-hybridized carbons (Fsp3) is 0.0435. The smallest absolute Gasteiger partial charge is 0.235 e. The van der Waals surface area contributed by atoms with Crippen LogP contribution in [0.15, 0.2) is 180 Å². The number of aliphatic imine (C=N–C) groups is 2.